The lowest BCUT2D eigenvalue weighted by atomic mass is 10.1. The molecular formula is C15H16FNO3S. The van der Waals surface area contributed by atoms with Gasteiger partial charge in [0.1, 0.15) is 10.7 Å². The molecule has 1 unspecified atom stereocenters. The molecule has 0 radical (unpaired) electrons. The highest BCUT2D eigenvalue weighted by Crippen LogP contribution is 2.22. The molecule has 21 heavy (non-hydrogen) atoms. The molecule has 6 heteroatoms. The van der Waals surface area contributed by atoms with Gasteiger partial charge in [0.2, 0.25) is 0 Å². The first-order chi connectivity index (χ1) is 9.94. The van der Waals surface area contributed by atoms with Crippen LogP contribution in [0.15, 0.2) is 53.4 Å². The second-order valence-electron chi connectivity index (χ2n) is 4.67. The fraction of sp³-hybridized carbons (Fsp3) is 0.200. The summed E-state index contributed by atoms with van der Waals surface area (Å²) in [6.45, 7) is 0.365. The van der Waals surface area contributed by atoms with Crippen LogP contribution in [0.3, 0.4) is 0 Å². The second-order valence-corrected chi connectivity index (χ2v) is 6.68. The molecule has 1 atom stereocenters. The maximum Gasteiger partial charge on any atom is 0.184 e. The minimum absolute atomic E-state index is 0.365. The summed E-state index contributed by atoms with van der Waals surface area (Å²) in [6.07, 6.45) is -1.22. The first-order valence-electron chi connectivity index (χ1n) is 6.38. The van der Waals surface area contributed by atoms with E-state index in [-0.39, 0.29) is 0 Å². The van der Waals surface area contributed by atoms with E-state index < -0.39 is 32.4 Å². The highest BCUT2D eigenvalue weighted by atomic mass is 32.2. The molecule has 4 nitrogen and oxygen atoms in total. The lowest BCUT2D eigenvalue weighted by molar-refractivity contribution is 0.201. The first kappa shape index (κ1) is 15.6. The standard InChI is InChI=1S/C15H16FNO3S/c16-13-3-1-2-4-15(13)21(19,20)10-14(18)12-7-5-11(9-17)6-8-12/h1-8,14,18H,9-10,17H2. The number of nitrogens with two attached hydrogens (primary N) is 1. The van der Waals surface area contributed by atoms with Crippen LogP contribution in [0.4, 0.5) is 4.39 Å². The fourth-order valence-electron chi connectivity index (χ4n) is 1.97. The number of aliphatic hydroxyl groups excluding tert-OH is 1. The van der Waals surface area contributed by atoms with Gasteiger partial charge in [-0.1, -0.05) is 36.4 Å². The number of hydrogen-bond donors (Lipinski definition) is 2. The lowest BCUT2D eigenvalue weighted by Gasteiger charge is -2.12. The van der Waals surface area contributed by atoms with Gasteiger partial charge >= 0.3 is 0 Å². The van der Waals surface area contributed by atoms with Crippen molar-refractivity contribution < 1.29 is 17.9 Å². The summed E-state index contributed by atoms with van der Waals surface area (Å²) >= 11 is 0. The van der Waals surface area contributed by atoms with E-state index in [1.54, 1.807) is 24.3 Å². The predicted molar refractivity (Wildman–Crippen MR) is 77.7 cm³/mol. The molecule has 0 aliphatic rings. The molecule has 0 amide bonds. The van der Waals surface area contributed by atoms with Crippen LogP contribution in [0, 0.1) is 5.82 Å². The van der Waals surface area contributed by atoms with Crippen molar-refractivity contribution in [1.29, 1.82) is 0 Å². The van der Waals surface area contributed by atoms with Crippen LogP contribution in [0.5, 0.6) is 0 Å². The van der Waals surface area contributed by atoms with Crippen molar-refractivity contribution in [2.45, 2.75) is 17.5 Å². The summed E-state index contributed by atoms with van der Waals surface area (Å²) in [6, 6.07) is 11.8. The molecule has 0 saturated carbocycles. The normalized spacial score (nSPS) is 13.1. The fourth-order valence-corrected chi connectivity index (χ4v) is 3.41. The van der Waals surface area contributed by atoms with Crippen molar-refractivity contribution in [3.63, 3.8) is 0 Å². The Kier molecular flexibility index (Phi) is 4.72. The van der Waals surface area contributed by atoms with E-state index in [1.165, 1.54) is 18.2 Å². The highest BCUT2D eigenvalue weighted by Gasteiger charge is 2.23. The number of sulfone groups is 1. The van der Waals surface area contributed by atoms with Gasteiger partial charge in [-0.25, -0.2) is 12.8 Å². The van der Waals surface area contributed by atoms with Gasteiger partial charge in [0.05, 0.1) is 11.9 Å². The Morgan fingerprint density at radius 1 is 1.10 bits per heavy atom. The zero-order valence-corrected chi connectivity index (χ0v) is 12.1. The Balaban J connectivity index is 2.21. The van der Waals surface area contributed by atoms with Crippen molar-refractivity contribution >= 4 is 9.84 Å². The minimum atomic E-state index is -3.90. The molecular weight excluding hydrogens is 293 g/mol. The molecule has 0 aliphatic heterocycles. The second kappa shape index (κ2) is 6.34. The van der Waals surface area contributed by atoms with Gasteiger partial charge in [-0.2, -0.15) is 0 Å². The van der Waals surface area contributed by atoms with Crippen molar-refractivity contribution in [3.8, 4) is 0 Å². The molecule has 112 valence electrons. The summed E-state index contributed by atoms with van der Waals surface area (Å²) in [4.78, 5) is -0.400. The van der Waals surface area contributed by atoms with Crippen LogP contribution in [0.2, 0.25) is 0 Å². The van der Waals surface area contributed by atoms with Gasteiger partial charge in [0.25, 0.3) is 0 Å². The molecule has 2 aromatic carbocycles. The molecule has 0 aromatic heterocycles. The van der Waals surface area contributed by atoms with E-state index in [9.17, 15) is 17.9 Å². The monoisotopic (exact) mass is 309 g/mol. The van der Waals surface area contributed by atoms with Gasteiger partial charge in [0.15, 0.2) is 9.84 Å². The Hall–Kier alpha value is -1.76. The van der Waals surface area contributed by atoms with E-state index in [0.717, 1.165) is 11.6 Å². The Bertz CT molecular complexity index is 714. The van der Waals surface area contributed by atoms with Gasteiger partial charge in [-0.05, 0) is 23.3 Å². The van der Waals surface area contributed by atoms with Crippen LogP contribution in [-0.2, 0) is 16.4 Å². The summed E-state index contributed by atoms with van der Waals surface area (Å²) in [7, 11) is -3.90. The van der Waals surface area contributed by atoms with Crippen LogP contribution in [0.25, 0.3) is 0 Å². The van der Waals surface area contributed by atoms with Crippen LogP contribution >= 0.6 is 0 Å². The SMILES string of the molecule is NCc1ccc(C(O)CS(=O)(=O)c2ccccc2F)cc1. The van der Waals surface area contributed by atoms with E-state index in [2.05, 4.69) is 0 Å². The van der Waals surface area contributed by atoms with Gasteiger partial charge < -0.3 is 10.8 Å². The van der Waals surface area contributed by atoms with Crippen molar-refractivity contribution in [1.82, 2.24) is 0 Å². The molecule has 2 rings (SSSR count). The maximum absolute atomic E-state index is 13.6. The topological polar surface area (TPSA) is 80.4 Å². The maximum atomic E-state index is 13.6. The van der Waals surface area contributed by atoms with Gasteiger partial charge in [-0.15, -0.1) is 0 Å². The Morgan fingerprint density at radius 2 is 1.71 bits per heavy atom. The van der Waals surface area contributed by atoms with E-state index >= 15 is 0 Å². The van der Waals surface area contributed by atoms with E-state index in [4.69, 9.17) is 5.73 Å². The average Bonchev–Trinajstić information content (AvgIpc) is 2.47. The molecule has 0 heterocycles. The Labute approximate surface area is 123 Å². The van der Waals surface area contributed by atoms with Gasteiger partial charge in [0, 0.05) is 6.54 Å². The van der Waals surface area contributed by atoms with Gasteiger partial charge in [-0.3, -0.25) is 0 Å². The van der Waals surface area contributed by atoms with Crippen molar-refractivity contribution in [2.75, 3.05) is 5.75 Å². The molecule has 0 bridgehead atoms. The molecule has 0 spiro atoms. The third-order valence-corrected chi connectivity index (χ3v) is 4.90. The zero-order chi connectivity index (χ0) is 15.5. The number of aliphatic hydroxyl groups is 1. The van der Waals surface area contributed by atoms with Crippen LogP contribution in [-0.4, -0.2) is 19.3 Å². The number of hydrogen-bond acceptors (Lipinski definition) is 4. The smallest absolute Gasteiger partial charge is 0.184 e. The molecule has 0 saturated heterocycles. The summed E-state index contributed by atoms with van der Waals surface area (Å²) in [5.74, 6) is -1.39. The summed E-state index contributed by atoms with van der Waals surface area (Å²) < 4.78 is 37.8. The van der Waals surface area contributed by atoms with E-state index in [0.29, 0.717) is 12.1 Å². The average molecular weight is 309 g/mol. The number of rotatable bonds is 5. The lowest BCUT2D eigenvalue weighted by Crippen LogP contribution is -2.16. The number of halogens is 1. The van der Waals surface area contributed by atoms with E-state index in [1.807, 2.05) is 0 Å². The summed E-state index contributed by atoms with van der Waals surface area (Å²) in [5, 5.41) is 10.0. The van der Waals surface area contributed by atoms with Crippen LogP contribution < -0.4 is 5.73 Å². The minimum Gasteiger partial charge on any atom is -0.387 e. The Morgan fingerprint density at radius 3 is 2.29 bits per heavy atom. The highest BCUT2D eigenvalue weighted by molar-refractivity contribution is 7.91. The van der Waals surface area contributed by atoms with Crippen molar-refractivity contribution in [3.05, 3.63) is 65.5 Å². The quantitative estimate of drug-likeness (QED) is 0.882. The number of benzene rings is 2. The zero-order valence-electron chi connectivity index (χ0n) is 11.2. The third kappa shape index (κ3) is 3.66. The summed E-state index contributed by atoms with van der Waals surface area (Å²) in [5.41, 5.74) is 6.80. The molecule has 0 fully saturated rings. The van der Waals surface area contributed by atoms with Crippen LogP contribution in [0.1, 0.15) is 17.2 Å². The third-order valence-electron chi connectivity index (χ3n) is 3.15. The molecule has 0 aliphatic carbocycles. The molecule has 2 aromatic rings. The predicted octanol–water partition coefficient (Wildman–Crippen LogP) is 1.79. The largest absolute Gasteiger partial charge is 0.387 e. The first-order valence-corrected chi connectivity index (χ1v) is 8.03. The molecule has 3 N–H and O–H groups in total. The van der Waals surface area contributed by atoms with Crippen molar-refractivity contribution in [2.24, 2.45) is 5.73 Å².